The molecule has 0 aliphatic carbocycles. The number of furan rings is 1. The molecule has 3 aromatic heterocycles. The Morgan fingerprint density at radius 1 is 1.03 bits per heavy atom. The van der Waals surface area contributed by atoms with Crippen LogP contribution in [0.3, 0.4) is 0 Å². The van der Waals surface area contributed by atoms with Crippen molar-refractivity contribution in [1.29, 1.82) is 0 Å². The maximum atomic E-state index is 12.6. The third kappa shape index (κ3) is 4.67. The summed E-state index contributed by atoms with van der Waals surface area (Å²) in [4.78, 5) is 33.9. The highest BCUT2D eigenvalue weighted by molar-refractivity contribution is 6.09. The molecule has 0 aliphatic rings. The Morgan fingerprint density at radius 2 is 1.90 bits per heavy atom. The Balaban J connectivity index is 1.52. The molecule has 3 heterocycles. The van der Waals surface area contributed by atoms with Crippen LogP contribution in [-0.2, 0) is 0 Å². The van der Waals surface area contributed by atoms with Crippen LogP contribution in [-0.4, -0.2) is 21.8 Å². The lowest BCUT2D eigenvalue weighted by molar-refractivity contribution is 0.104. The number of aryl methyl sites for hydroxylation is 2. The minimum atomic E-state index is -0.439. The Kier molecular flexibility index (Phi) is 5.57. The number of hydrogen-bond acceptors (Lipinski definition) is 5. The number of amides is 2. The molecule has 0 saturated heterocycles. The van der Waals surface area contributed by atoms with Crippen molar-refractivity contribution in [2.24, 2.45) is 0 Å². The van der Waals surface area contributed by atoms with Crippen molar-refractivity contribution in [1.82, 2.24) is 9.97 Å². The molecule has 0 atom stereocenters. The van der Waals surface area contributed by atoms with Gasteiger partial charge in [0, 0.05) is 23.1 Å². The highest BCUT2D eigenvalue weighted by Crippen LogP contribution is 2.22. The van der Waals surface area contributed by atoms with Gasteiger partial charge in [0.05, 0.1) is 17.5 Å². The smallest absolute Gasteiger partial charge is 0.323 e. The molecule has 2 N–H and O–H groups in total. The van der Waals surface area contributed by atoms with Gasteiger partial charge in [-0.15, -0.1) is 0 Å². The topological polar surface area (TPSA) is 97.1 Å². The molecule has 4 rings (SSSR count). The molecule has 0 saturated carbocycles. The van der Waals surface area contributed by atoms with Crippen LogP contribution in [0, 0.1) is 13.8 Å². The lowest BCUT2D eigenvalue weighted by atomic mass is 10.0. The molecule has 0 radical (unpaired) electrons. The van der Waals surface area contributed by atoms with E-state index in [4.69, 9.17) is 4.42 Å². The molecule has 4 aromatic rings. The molecule has 0 spiro atoms. The highest BCUT2D eigenvalue weighted by atomic mass is 16.3. The van der Waals surface area contributed by atoms with Gasteiger partial charge in [0.15, 0.2) is 5.78 Å². The number of fused-ring (bicyclic) bond motifs is 1. The van der Waals surface area contributed by atoms with Gasteiger partial charge >= 0.3 is 6.03 Å². The molecule has 0 fully saturated rings. The molecular weight excluding hydrogens is 392 g/mol. The average Bonchev–Trinajstić information content (AvgIpc) is 3.27. The van der Waals surface area contributed by atoms with E-state index in [2.05, 4.69) is 20.6 Å². The Bertz CT molecular complexity index is 1290. The van der Waals surface area contributed by atoms with E-state index >= 15 is 0 Å². The van der Waals surface area contributed by atoms with Crippen LogP contribution >= 0.6 is 0 Å². The molecule has 0 bridgehead atoms. The van der Waals surface area contributed by atoms with Gasteiger partial charge in [0.2, 0.25) is 0 Å². The standard InChI is InChI=1S/C24H20N4O3/c1-15-7-8-17(14-19(15)22(29)10-9-18-5-4-12-31-18)27-24(30)28-21-13-16(2)26-20-6-3-11-25-23(20)21/h3-14H,1-2H3,(H2,26,27,28,30)/b10-9+. The maximum Gasteiger partial charge on any atom is 0.323 e. The first-order valence-electron chi connectivity index (χ1n) is 9.66. The van der Waals surface area contributed by atoms with Crippen molar-refractivity contribution in [3.8, 4) is 0 Å². The SMILES string of the molecule is Cc1cc(NC(=O)Nc2ccc(C)c(C(=O)/C=C/c3ccco3)c2)c2ncccc2n1. The van der Waals surface area contributed by atoms with Crippen LogP contribution in [0.15, 0.2) is 71.5 Å². The number of aromatic nitrogens is 2. The van der Waals surface area contributed by atoms with Gasteiger partial charge in [-0.1, -0.05) is 6.07 Å². The molecule has 0 unspecified atom stereocenters. The lowest BCUT2D eigenvalue weighted by Crippen LogP contribution is -2.20. The summed E-state index contributed by atoms with van der Waals surface area (Å²) < 4.78 is 5.21. The van der Waals surface area contributed by atoms with Gasteiger partial charge < -0.3 is 15.1 Å². The van der Waals surface area contributed by atoms with E-state index in [1.807, 2.05) is 19.9 Å². The van der Waals surface area contributed by atoms with E-state index in [9.17, 15) is 9.59 Å². The second-order valence-corrected chi connectivity index (χ2v) is 7.00. The molecule has 7 heteroatoms. The summed E-state index contributed by atoms with van der Waals surface area (Å²) in [6, 6.07) is 13.7. The zero-order valence-electron chi connectivity index (χ0n) is 17.0. The minimum Gasteiger partial charge on any atom is -0.465 e. The van der Waals surface area contributed by atoms with Gasteiger partial charge in [-0.25, -0.2) is 4.79 Å². The lowest BCUT2D eigenvalue weighted by Gasteiger charge is -2.11. The summed E-state index contributed by atoms with van der Waals surface area (Å²) in [6.45, 7) is 3.69. The monoisotopic (exact) mass is 412 g/mol. The number of benzene rings is 1. The first-order chi connectivity index (χ1) is 15.0. The van der Waals surface area contributed by atoms with E-state index in [0.29, 0.717) is 33.7 Å². The number of rotatable bonds is 5. The molecule has 154 valence electrons. The highest BCUT2D eigenvalue weighted by Gasteiger charge is 2.12. The van der Waals surface area contributed by atoms with Crippen molar-refractivity contribution in [3.63, 3.8) is 0 Å². The number of ketones is 1. The molecular formula is C24H20N4O3. The first-order valence-corrected chi connectivity index (χ1v) is 9.66. The predicted octanol–water partition coefficient (Wildman–Crippen LogP) is 5.38. The van der Waals surface area contributed by atoms with E-state index in [1.165, 1.54) is 6.08 Å². The molecule has 31 heavy (non-hydrogen) atoms. The fraction of sp³-hybridized carbons (Fsp3) is 0.0833. The van der Waals surface area contributed by atoms with E-state index < -0.39 is 6.03 Å². The van der Waals surface area contributed by atoms with E-state index in [-0.39, 0.29) is 5.78 Å². The maximum absolute atomic E-state index is 12.6. The van der Waals surface area contributed by atoms with Gasteiger partial charge in [-0.05, 0) is 74.0 Å². The Hall–Kier alpha value is -4.26. The number of anilines is 2. The van der Waals surface area contributed by atoms with Crippen molar-refractivity contribution < 1.29 is 14.0 Å². The zero-order valence-corrected chi connectivity index (χ0v) is 17.0. The zero-order chi connectivity index (χ0) is 21.8. The van der Waals surface area contributed by atoms with Crippen molar-refractivity contribution in [3.05, 3.63) is 89.6 Å². The fourth-order valence-corrected chi connectivity index (χ4v) is 3.17. The van der Waals surface area contributed by atoms with Gasteiger partial charge in [0.25, 0.3) is 0 Å². The summed E-state index contributed by atoms with van der Waals surface area (Å²) in [6.07, 6.45) is 6.25. The van der Waals surface area contributed by atoms with Crippen LogP contribution < -0.4 is 10.6 Å². The number of hydrogen-bond donors (Lipinski definition) is 2. The summed E-state index contributed by atoms with van der Waals surface area (Å²) in [7, 11) is 0. The second kappa shape index (κ2) is 8.62. The molecule has 0 aliphatic heterocycles. The molecule has 2 amide bonds. The fourth-order valence-electron chi connectivity index (χ4n) is 3.17. The van der Waals surface area contributed by atoms with Crippen LogP contribution in [0.4, 0.5) is 16.2 Å². The van der Waals surface area contributed by atoms with Crippen molar-refractivity contribution >= 4 is 40.3 Å². The summed E-state index contributed by atoms with van der Waals surface area (Å²) in [5.41, 5.74) is 4.43. The average molecular weight is 412 g/mol. The summed E-state index contributed by atoms with van der Waals surface area (Å²) in [5, 5.41) is 5.59. The van der Waals surface area contributed by atoms with Crippen molar-refractivity contribution in [2.75, 3.05) is 10.6 Å². The third-order valence-corrected chi connectivity index (χ3v) is 4.64. The largest absolute Gasteiger partial charge is 0.465 e. The predicted molar refractivity (Wildman–Crippen MR) is 120 cm³/mol. The number of carbonyl (C=O) groups is 2. The normalized spacial score (nSPS) is 11.0. The van der Waals surface area contributed by atoms with E-state index in [1.54, 1.807) is 61.0 Å². The first kappa shape index (κ1) is 20.0. The number of nitrogens with zero attached hydrogens (tertiary/aromatic N) is 2. The minimum absolute atomic E-state index is 0.182. The van der Waals surface area contributed by atoms with Crippen LogP contribution in [0.2, 0.25) is 0 Å². The van der Waals surface area contributed by atoms with Gasteiger partial charge in [0.1, 0.15) is 11.3 Å². The summed E-state index contributed by atoms with van der Waals surface area (Å²) in [5.74, 6) is 0.408. The number of carbonyl (C=O) groups excluding carboxylic acids is 2. The second-order valence-electron chi connectivity index (χ2n) is 7.00. The quantitative estimate of drug-likeness (QED) is 0.339. The van der Waals surface area contributed by atoms with Crippen LogP contribution in [0.25, 0.3) is 17.1 Å². The molecule has 1 aromatic carbocycles. The molecule has 7 nitrogen and oxygen atoms in total. The van der Waals surface area contributed by atoms with Crippen LogP contribution in [0.5, 0.6) is 0 Å². The van der Waals surface area contributed by atoms with Crippen LogP contribution in [0.1, 0.15) is 27.4 Å². The van der Waals surface area contributed by atoms with E-state index in [0.717, 1.165) is 11.3 Å². The Morgan fingerprint density at radius 3 is 2.71 bits per heavy atom. The third-order valence-electron chi connectivity index (χ3n) is 4.64. The van der Waals surface area contributed by atoms with Gasteiger partial charge in [-0.2, -0.15) is 0 Å². The Labute approximate surface area is 178 Å². The number of allylic oxidation sites excluding steroid dienone is 1. The number of pyridine rings is 2. The van der Waals surface area contributed by atoms with Crippen molar-refractivity contribution in [2.45, 2.75) is 13.8 Å². The number of nitrogens with one attached hydrogen (secondary N) is 2. The summed E-state index contributed by atoms with van der Waals surface area (Å²) >= 11 is 0. The van der Waals surface area contributed by atoms with Gasteiger partial charge in [-0.3, -0.25) is 14.8 Å². The number of urea groups is 1.